The van der Waals surface area contributed by atoms with Crippen LogP contribution in [0.4, 0.5) is 0 Å². The van der Waals surface area contributed by atoms with E-state index in [4.69, 9.17) is 16.6 Å². The first-order chi connectivity index (χ1) is 16.9. The van der Waals surface area contributed by atoms with Gasteiger partial charge in [-0.15, -0.1) is 0 Å². The van der Waals surface area contributed by atoms with Crippen LogP contribution in [0, 0.1) is 0 Å². The van der Waals surface area contributed by atoms with Crippen LogP contribution in [-0.4, -0.2) is 54.3 Å². The van der Waals surface area contributed by atoms with Crippen LogP contribution >= 0.6 is 0 Å². The Kier molecular flexibility index (Phi) is 29.1. The Bertz CT molecular complexity index is 378. The van der Waals surface area contributed by atoms with Crippen molar-refractivity contribution in [2.75, 3.05) is 32.7 Å². The van der Waals surface area contributed by atoms with Crippen molar-refractivity contribution in [3.8, 4) is 0 Å². The average Bonchev–Trinajstić information content (AvgIpc) is 2.85. The van der Waals surface area contributed by atoms with Crippen LogP contribution in [0.2, 0.25) is 0 Å². The van der Waals surface area contributed by atoms with E-state index in [1.807, 2.05) is 0 Å². The summed E-state index contributed by atoms with van der Waals surface area (Å²) in [6.07, 6.45) is 25.0. The predicted octanol–water partition coefficient (Wildman–Crippen LogP) is 7.65. The maximum Gasteiger partial charge on any atom is 0.320 e. The standard InChI is InChI=1S/C24H52N.C6H14N2O2/c1-5-9-13-17-21-25(22-18-14-10-6-2,23-19-15-11-7-3)24-20-16-12-8-4;7-4-2-1-3-5(8)6(9)10/h5-24H2,1-4H3;5H,1-4,7-8H2,(H,9,10)/q+1;. The van der Waals surface area contributed by atoms with Crippen molar-refractivity contribution in [2.45, 2.75) is 156 Å². The number of hydrogen-bond acceptors (Lipinski definition) is 3. The second-order valence-electron chi connectivity index (χ2n) is 10.7. The third-order valence-corrected chi connectivity index (χ3v) is 7.23. The lowest BCUT2D eigenvalue weighted by Crippen LogP contribution is -2.50. The Balaban J connectivity index is 0. The molecule has 0 aromatic rings. The molecule has 0 saturated heterocycles. The number of hydrogen-bond donors (Lipinski definition) is 3. The van der Waals surface area contributed by atoms with Crippen molar-refractivity contribution < 1.29 is 14.4 Å². The first-order valence-electron chi connectivity index (χ1n) is 15.5. The van der Waals surface area contributed by atoms with E-state index in [2.05, 4.69) is 27.7 Å². The quantitative estimate of drug-likeness (QED) is 0.0886. The molecule has 0 aromatic heterocycles. The topological polar surface area (TPSA) is 89.3 Å². The van der Waals surface area contributed by atoms with Crippen LogP contribution in [0.25, 0.3) is 0 Å². The summed E-state index contributed by atoms with van der Waals surface area (Å²) in [7, 11) is 0. The predicted molar refractivity (Wildman–Crippen MR) is 155 cm³/mol. The van der Waals surface area contributed by atoms with E-state index in [1.165, 1.54) is 133 Å². The molecule has 1 unspecified atom stereocenters. The largest absolute Gasteiger partial charge is 0.480 e. The van der Waals surface area contributed by atoms with Crippen molar-refractivity contribution in [1.82, 2.24) is 0 Å². The van der Waals surface area contributed by atoms with Gasteiger partial charge in [-0.2, -0.15) is 0 Å². The lowest BCUT2D eigenvalue weighted by molar-refractivity contribution is -0.929. The van der Waals surface area contributed by atoms with E-state index in [0.717, 1.165) is 12.8 Å². The zero-order valence-corrected chi connectivity index (χ0v) is 24.5. The monoisotopic (exact) mass is 501 g/mol. The summed E-state index contributed by atoms with van der Waals surface area (Å²) >= 11 is 0. The summed E-state index contributed by atoms with van der Waals surface area (Å²) in [5.41, 5.74) is 10.4. The molecule has 0 heterocycles. The molecule has 0 saturated carbocycles. The Morgan fingerprint density at radius 2 is 0.943 bits per heavy atom. The zero-order chi connectivity index (χ0) is 26.6. The molecule has 0 amide bonds. The molecule has 5 N–H and O–H groups in total. The third-order valence-electron chi connectivity index (χ3n) is 7.23. The Morgan fingerprint density at radius 1 is 0.600 bits per heavy atom. The number of aliphatic carboxylic acids is 1. The fourth-order valence-electron chi connectivity index (χ4n) is 4.80. The molecule has 0 aliphatic heterocycles. The molecule has 0 aliphatic rings. The van der Waals surface area contributed by atoms with Gasteiger partial charge >= 0.3 is 5.97 Å². The molecule has 0 bridgehead atoms. The molecule has 0 spiro atoms. The van der Waals surface area contributed by atoms with E-state index in [0.29, 0.717) is 13.0 Å². The molecule has 5 heteroatoms. The number of carboxylic acid groups (broad SMARTS) is 1. The SMILES string of the molecule is CCCCCC[N+](CCCCCC)(CCCCCC)CCCCCC.NCCCCC(N)C(=O)O. The Morgan fingerprint density at radius 3 is 1.20 bits per heavy atom. The molecule has 0 fully saturated rings. The van der Waals surface area contributed by atoms with E-state index in [1.54, 1.807) is 0 Å². The number of carbonyl (C=O) groups is 1. The van der Waals surface area contributed by atoms with Gasteiger partial charge in [-0.3, -0.25) is 4.79 Å². The van der Waals surface area contributed by atoms with Gasteiger partial charge in [0.15, 0.2) is 0 Å². The highest BCUT2D eigenvalue weighted by Crippen LogP contribution is 2.19. The van der Waals surface area contributed by atoms with Crippen LogP contribution in [0.5, 0.6) is 0 Å². The summed E-state index contributed by atoms with van der Waals surface area (Å²) < 4.78 is 1.46. The molecule has 0 aliphatic carbocycles. The van der Waals surface area contributed by atoms with Crippen molar-refractivity contribution in [3.05, 3.63) is 0 Å². The summed E-state index contributed by atoms with van der Waals surface area (Å²) in [6.45, 7) is 15.8. The number of rotatable bonds is 25. The van der Waals surface area contributed by atoms with Gasteiger partial charge in [-0.25, -0.2) is 0 Å². The van der Waals surface area contributed by atoms with Crippen molar-refractivity contribution in [3.63, 3.8) is 0 Å². The highest BCUT2D eigenvalue weighted by molar-refractivity contribution is 5.72. The Labute approximate surface area is 220 Å². The summed E-state index contributed by atoms with van der Waals surface area (Å²) in [5.74, 6) is -0.933. The summed E-state index contributed by atoms with van der Waals surface area (Å²) in [4.78, 5) is 10.1. The van der Waals surface area contributed by atoms with Gasteiger partial charge in [0.1, 0.15) is 6.04 Å². The van der Waals surface area contributed by atoms with Gasteiger partial charge in [0.2, 0.25) is 0 Å². The van der Waals surface area contributed by atoms with Crippen molar-refractivity contribution in [2.24, 2.45) is 11.5 Å². The van der Waals surface area contributed by atoms with Crippen LogP contribution < -0.4 is 11.5 Å². The maximum absolute atomic E-state index is 10.1. The van der Waals surface area contributed by atoms with E-state index in [-0.39, 0.29) is 0 Å². The second kappa shape index (κ2) is 27.9. The van der Waals surface area contributed by atoms with Gasteiger partial charge < -0.3 is 21.1 Å². The lowest BCUT2D eigenvalue weighted by atomic mass is 10.1. The molecule has 0 rings (SSSR count). The van der Waals surface area contributed by atoms with Gasteiger partial charge in [-0.1, -0.05) is 85.5 Å². The van der Waals surface area contributed by atoms with Gasteiger partial charge in [0.25, 0.3) is 0 Å². The first kappa shape index (κ1) is 36.5. The normalized spacial score (nSPS) is 12.3. The number of quaternary nitrogens is 1. The molecule has 0 radical (unpaired) electrons. The fraction of sp³-hybridized carbons (Fsp3) is 0.967. The molecular weight excluding hydrogens is 434 g/mol. The number of carboxylic acids is 1. The molecule has 5 nitrogen and oxygen atoms in total. The van der Waals surface area contributed by atoms with Gasteiger partial charge in [0, 0.05) is 0 Å². The number of nitrogens with zero attached hydrogens (tertiary/aromatic N) is 1. The van der Waals surface area contributed by atoms with Crippen LogP contribution in [0.3, 0.4) is 0 Å². The lowest BCUT2D eigenvalue weighted by Gasteiger charge is -2.39. The van der Waals surface area contributed by atoms with Gasteiger partial charge in [-0.05, 0) is 70.8 Å². The first-order valence-corrected chi connectivity index (χ1v) is 15.5. The van der Waals surface area contributed by atoms with Crippen LogP contribution in [0.15, 0.2) is 0 Å². The Hall–Kier alpha value is -0.650. The zero-order valence-electron chi connectivity index (χ0n) is 24.5. The van der Waals surface area contributed by atoms with E-state index in [9.17, 15) is 4.79 Å². The summed E-state index contributed by atoms with van der Waals surface area (Å²) in [6, 6.07) is -0.716. The van der Waals surface area contributed by atoms with Gasteiger partial charge in [0.05, 0.1) is 26.2 Å². The average molecular weight is 501 g/mol. The van der Waals surface area contributed by atoms with Crippen molar-refractivity contribution >= 4 is 5.97 Å². The molecule has 1 atom stereocenters. The van der Waals surface area contributed by atoms with Crippen LogP contribution in [-0.2, 0) is 4.79 Å². The highest BCUT2D eigenvalue weighted by atomic mass is 16.4. The molecule has 35 heavy (non-hydrogen) atoms. The summed E-state index contributed by atoms with van der Waals surface area (Å²) in [5, 5.41) is 8.33. The number of unbranched alkanes of at least 4 members (excludes halogenated alkanes) is 13. The minimum absolute atomic E-state index is 0.520. The highest BCUT2D eigenvalue weighted by Gasteiger charge is 2.25. The van der Waals surface area contributed by atoms with E-state index >= 15 is 0 Å². The minimum atomic E-state index is -0.933. The van der Waals surface area contributed by atoms with Crippen LogP contribution in [0.1, 0.15) is 150 Å². The maximum atomic E-state index is 10.1. The second-order valence-corrected chi connectivity index (χ2v) is 10.7. The molecule has 212 valence electrons. The number of nitrogens with two attached hydrogens (primary N) is 2. The molecule has 0 aromatic carbocycles. The smallest absolute Gasteiger partial charge is 0.320 e. The molecular formula is C30H66N3O2+. The van der Waals surface area contributed by atoms with Crippen molar-refractivity contribution in [1.29, 1.82) is 0 Å². The van der Waals surface area contributed by atoms with E-state index < -0.39 is 12.0 Å². The minimum Gasteiger partial charge on any atom is -0.480 e. The third kappa shape index (κ3) is 24.8. The fourth-order valence-corrected chi connectivity index (χ4v) is 4.80.